The van der Waals surface area contributed by atoms with Crippen molar-refractivity contribution in [2.24, 2.45) is 0 Å². The van der Waals surface area contributed by atoms with Gasteiger partial charge in [-0.05, 0) is 0 Å². The molecule has 0 aliphatic carbocycles. The van der Waals surface area contributed by atoms with E-state index in [0.717, 1.165) is 0 Å². The fourth-order valence-corrected chi connectivity index (χ4v) is 0. The summed E-state index contributed by atoms with van der Waals surface area (Å²) in [5.41, 5.74) is 25.1. The third-order valence-corrected chi connectivity index (χ3v) is 0.250. The molecule has 0 bridgehead atoms. The van der Waals surface area contributed by atoms with Crippen molar-refractivity contribution in [3.8, 4) is 0 Å². The van der Waals surface area contributed by atoms with Gasteiger partial charge in [-0.1, -0.05) is 0 Å². The SMILES string of the molecule is [Cu+2].[Cu+2].[NH-]CC[NH-].[NH-]CC[NH-]. The standard InChI is InChI=1S/2C2H6N2.2Cu/c2*3-1-2-4;;/h2*3-4H,1-2H2;;/q2*-2;2*+2. The Morgan fingerprint density at radius 1 is 0.500 bits per heavy atom. The van der Waals surface area contributed by atoms with Crippen molar-refractivity contribution in [2.75, 3.05) is 26.2 Å². The van der Waals surface area contributed by atoms with Crippen LogP contribution in [0.2, 0.25) is 0 Å². The molecule has 0 saturated carbocycles. The summed E-state index contributed by atoms with van der Waals surface area (Å²) in [6, 6.07) is 0. The maximum atomic E-state index is 6.26. The molecule has 0 heterocycles. The van der Waals surface area contributed by atoms with E-state index in [-0.39, 0.29) is 60.3 Å². The van der Waals surface area contributed by atoms with Crippen LogP contribution in [-0.2, 0) is 34.1 Å². The molecule has 2 radical (unpaired) electrons. The molecule has 0 aromatic heterocycles. The first-order chi connectivity index (χ1) is 3.83. The topological polar surface area (TPSA) is 95.2 Å². The summed E-state index contributed by atoms with van der Waals surface area (Å²) in [5, 5.41) is 0. The van der Waals surface area contributed by atoms with Gasteiger partial charge in [0, 0.05) is 0 Å². The molecule has 4 nitrogen and oxygen atoms in total. The normalized spacial score (nSPS) is 6.00. The van der Waals surface area contributed by atoms with Crippen LogP contribution < -0.4 is 0 Å². The summed E-state index contributed by atoms with van der Waals surface area (Å²) in [6.45, 7) is 0.944. The summed E-state index contributed by atoms with van der Waals surface area (Å²) < 4.78 is 0. The van der Waals surface area contributed by atoms with E-state index in [1.165, 1.54) is 0 Å². The Morgan fingerprint density at radius 2 is 0.600 bits per heavy atom. The molecular weight excluding hydrogens is 231 g/mol. The Hall–Kier alpha value is 0.879. The molecule has 0 saturated heterocycles. The van der Waals surface area contributed by atoms with Crippen LogP contribution in [0.25, 0.3) is 22.9 Å². The first-order valence-corrected chi connectivity index (χ1v) is 2.41. The second-order valence-electron chi connectivity index (χ2n) is 1.000. The van der Waals surface area contributed by atoms with Crippen molar-refractivity contribution in [3.05, 3.63) is 22.9 Å². The van der Waals surface area contributed by atoms with Gasteiger partial charge in [-0.3, -0.25) is 0 Å². The molecule has 0 spiro atoms. The van der Waals surface area contributed by atoms with Gasteiger partial charge in [0.25, 0.3) is 0 Å². The van der Waals surface area contributed by atoms with Crippen molar-refractivity contribution >= 4 is 0 Å². The first kappa shape index (κ1) is 22.4. The largest absolute Gasteiger partial charge is 2.00 e. The molecular formula is C4H12Cu2N4. The Balaban J connectivity index is -0.0000000300. The third-order valence-electron chi connectivity index (χ3n) is 0.250. The molecule has 0 aliphatic rings. The minimum atomic E-state index is 0. The van der Waals surface area contributed by atoms with Gasteiger partial charge in [0.1, 0.15) is 0 Å². The molecule has 6 heteroatoms. The Labute approximate surface area is 83.4 Å². The van der Waals surface area contributed by atoms with Gasteiger partial charge in [-0.15, -0.1) is 0 Å². The third kappa shape index (κ3) is 66.5. The zero-order valence-electron chi connectivity index (χ0n) is 5.43. The molecule has 0 amide bonds. The van der Waals surface area contributed by atoms with Crippen LogP contribution in [0.1, 0.15) is 0 Å². The van der Waals surface area contributed by atoms with Crippen LogP contribution in [0.3, 0.4) is 0 Å². The molecule has 0 aromatic carbocycles. The van der Waals surface area contributed by atoms with Gasteiger partial charge in [0.15, 0.2) is 0 Å². The van der Waals surface area contributed by atoms with Crippen LogP contribution in [0.15, 0.2) is 0 Å². The van der Waals surface area contributed by atoms with Gasteiger partial charge in [0.05, 0.1) is 0 Å². The molecule has 0 atom stereocenters. The van der Waals surface area contributed by atoms with E-state index in [0.29, 0.717) is 0 Å². The van der Waals surface area contributed by atoms with E-state index in [9.17, 15) is 0 Å². The zero-order chi connectivity index (χ0) is 6.83. The number of nitrogens with one attached hydrogen (secondary N) is 4. The van der Waals surface area contributed by atoms with E-state index in [1.54, 1.807) is 0 Å². The summed E-state index contributed by atoms with van der Waals surface area (Å²) >= 11 is 0. The molecule has 4 N–H and O–H groups in total. The minimum Gasteiger partial charge on any atom is -0.679 e. The smallest absolute Gasteiger partial charge is 0.679 e. The quantitative estimate of drug-likeness (QED) is 0.664. The fraction of sp³-hybridized carbons (Fsp3) is 1.00. The average molecular weight is 243 g/mol. The second-order valence-corrected chi connectivity index (χ2v) is 1.000. The van der Waals surface area contributed by atoms with E-state index in [1.807, 2.05) is 0 Å². The van der Waals surface area contributed by atoms with Gasteiger partial charge >= 0.3 is 34.1 Å². The van der Waals surface area contributed by atoms with Gasteiger partial charge < -0.3 is 22.9 Å². The molecule has 0 unspecified atom stereocenters. The van der Waals surface area contributed by atoms with Gasteiger partial charge in [-0.25, -0.2) is 0 Å². The summed E-state index contributed by atoms with van der Waals surface area (Å²) in [7, 11) is 0. The summed E-state index contributed by atoms with van der Waals surface area (Å²) in [4.78, 5) is 0. The number of rotatable bonds is 2. The zero-order valence-corrected chi connectivity index (χ0v) is 7.31. The first-order valence-electron chi connectivity index (χ1n) is 2.41. The molecule has 0 aliphatic heterocycles. The van der Waals surface area contributed by atoms with Crippen molar-refractivity contribution in [1.29, 1.82) is 0 Å². The van der Waals surface area contributed by atoms with Crippen molar-refractivity contribution in [2.45, 2.75) is 0 Å². The van der Waals surface area contributed by atoms with Crippen LogP contribution in [0.4, 0.5) is 0 Å². The second kappa shape index (κ2) is 32.7. The van der Waals surface area contributed by atoms with Crippen LogP contribution in [0.5, 0.6) is 0 Å². The average Bonchev–Trinajstić information content (AvgIpc) is 1.88. The molecule has 0 rings (SSSR count). The van der Waals surface area contributed by atoms with Gasteiger partial charge in [-0.2, -0.15) is 26.2 Å². The van der Waals surface area contributed by atoms with Gasteiger partial charge in [0.2, 0.25) is 0 Å². The van der Waals surface area contributed by atoms with Crippen LogP contribution in [0, 0.1) is 0 Å². The maximum Gasteiger partial charge on any atom is 2.00 e. The molecule has 70 valence electrons. The molecule has 10 heavy (non-hydrogen) atoms. The Kier molecular flexibility index (Phi) is 73.4. The predicted octanol–water partition coefficient (Wildman–Crippen LogP) is 2.18. The van der Waals surface area contributed by atoms with Crippen molar-refractivity contribution in [1.82, 2.24) is 0 Å². The minimum absolute atomic E-state index is 0. The molecule has 0 fully saturated rings. The van der Waals surface area contributed by atoms with Crippen molar-refractivity contribution in [3.63, 3.8) is 0 Å². The van der Waals surface area contributed by atoms with E-state index < -0.39 is 0 Å². The van der Waals surface area contributed by atoms with E-state index >= 15 is 0 Å². The number of hydrogen-bond acceptors (Lipinski definition) is 0. The van der Waals surface area contributed by atoms with E-state index in [4.69, 9.17) is 22.9 Å². The van der Waals surface area contributed by atoms with Crippen LogP contribution in [-0.4, -0.2) is 26.2 Å². The summed E-state index contributed by atoms with van der Waals surface area (Å²) in [5.74, 6) is 0. The monoisotopic (exact) mass is 242 g/mol. The van der Waals surface area contributed by atoms with E-state index in [2.05, 4.69) is 0 Å². The van der Waals surface area contributed by atoms with Crippen LogP contribution >= 0.6 is 0 Å². The molecule has 0 aromatic rings. The fourth-order valence-electron chi connectivity index (χ4n) is 0. The Bertz CT molecular complexity index is 23.2. The van der Waals surface area contributed by atoms with Crippen molar-refractivity contribution < 1.29 is 34.1 Å². The maximum absolute atomic E-state index is 6.26. The summed E-state index contributed by atoms with van der Waals surface area (Å²) in [6.07, 6.45) is 0. The number of hydrogen-bond donors (Lipinski definition) is 0. The Morgan fingerprint density at radius 3 is 0.600 bits per heavy atom. The predicted molar refractivity (Wildman–Crippen MR) is 36.8 cm³/mol.